The number of nitrogens with one attached hydrogen (secondary N) is 1. The van der Waals surface area contributed by atoms with Gasteiger partial charge in [0.15, 0.2) is 0 Å². The predicted molar refractivity (Wildman–Crippen MR) is 101 cm³/mol. The fourth-order valence-electron chi connectivity index (χ4n) is 4.33. The number of hydrogen-bond acceptors (Lipinski definition) is 4. The zero-order valence-electron chi connectivity index (χ0n) is 15.1. The zero-order chi connectivity index (χ0) is 18.3. The minimum Gasteiger partial charge on any atom is -0.497 e. The molecule has 5 nitrogen and oxygen atoms in total. The Morgan fingerprint density at radius 3 is 2.69 bits per heavy atom. The van der Waals surface area contributed by atoms with Gasteiger partial charge in [-0.25, -0.2) is 8.42 Å². The van der Waals surface area contributed by atoms with E-state index in [1.165, 1.54) is 0 Å². The first-order chi connectivity index (χ1) is 12.5. The summed E-state index contributed by atoms with van der Waals surface area (Å²) in [5.74, 6) is 1.20. The highest BCUT2D eigenvalue weighted by molar-refractivity contribution is 7.89. The van der Waals surface area contributed by atoms with Crippen LogP contribution in [0.1, 0.15) is 17.2 Å². The van der Waals surface area contributed by atoms with Crippen LogP contribution in [0.2, 0.25) is 0 Å². The quantitative estimate of drug-likeness (QED) is 0.896. The third-order valence-electron chi connectivity index (χ3n) is 5.68. The minimum atomic E-state index is -3.60. The van der Waals surface area contributed by atoms with E-state index in [-0.39, 0.29) is 6.04 Å². The molecule has 0 aromatic heterocycles. The molecule has 2 heterocycles. The van der Waals surface area contributed by atoms with Crippen LogP contribution in [0, 0.1) is 18.8 Å². The average Bonchev–Trinajstić information content (AvgIpc) is 3.24. The molecule has 0 aliphatic carbocycles. The van der Waals surface area contributed by atoms with Crippen molar-refractivity contribution in [3.05, 3.63) is 59.7 Å². The number of ether oxygens (including phenoxy) is 1. The lowest BCUT2D eigenvalue weighted by Gasteiger charge is -2.29. The lowest BCUT2D eigenvalue weighted by Crippen LogP contribution is -2.35. The monoisotopic (exact) mass is 372 g/mol. The SMILES string of the molecule is COc1cccc(S(=O)(=O)N2C[C@@H]3CNC[C@@H]3[C@@H]2c2ccccc2C)c1. The molecule has 3 atom stereocenters. The van der Waals surface area contributed by atoms with Crippen molar-refractivity contribution in [2.45, 2.75) is 17.9 Å². The third kappa shape index (κ3) is 2.82. The number of benzene rings is 2. The van der Waals surface area contributed by atoms with Crippen molar-refractivity contribution in [3.63, 3.8) is 0 Å². The van der Waals surface area contributed by atoms with E-state index in [9.17, 15) is 8.42 Å². The fraction of sp³-hybridized carbons (Fsp3) is 0.400. The number of nitrogens with zero attached hydrogens (tertiary/aromatic N) is 1. The highest BCUT2D eigenvalue weighted by Gasteiger charge is 2.50. The van der Waals surface area contributed by atoms with Crippen LogP contribution in [0.4, 0.5) is 0 Å². The molecule has 2 aliphatic rings. The van der Waals surface area contributed by atoms with Gasteiger partial charge in [-0.3, -0.25) is 0 Å². The van der Waals surface area contributed by atoms with Gasteiger partial charge in [0.25, 0.3) is 0 Å². The molecule has 0 saturated carbocycles. The van der Waals surface area contributed by atoms with E-state index in [4.69, 9.17) is 4.74 Å². The molecule has 2 aromatic carbocycles. The molecule has 138 valence electrons. The van der Waals surface area contributed by atoms with Crippen molar-refractivity contribution >= 4 is 10.0 Å². The molecule has 2 aromatic rings. The summed E-state index contributed by atoms with van der Waals surface area (Å²) in [6, 6.07) is 14.7. The Hall–Kier alpha value is -1.89. The summed E-state index contributed by atoms with van der Waals surface area (Å²) in [5, 5.41) is 3.43. The Kier molecular flexibility index (Phi) is 4.50. The Morgan fingerprint density at radius 2 is 1.92 bits per heavy atom. The topological polar surface area (TPSA) is 58.6 Å². The number of methoxy groups -OCH3 is 1. The van der Waals surface area contributed by atoms with Crippen LogP contribution in [0.5, 0.6) is 5.75 Å². The van der Waals surface area contributed by atoms with E-state index in [2.05, 4.69) is 24.4 Å². The lowest BCUT2D eigenvalue weighted by molar-refractivity contribution is 0.344. The molecule has 0 spiro atoms. The summed E-state index contributed by atoms with van der Waals surface area (Å²) >= 11 is 0. The first-order valence-corrected chi connectivity index (χ1v) is 10.4. The number of aryl methyl sites for hydroxylation is 1. The van der Waals surface area contributed by atoms with Crippen LogP contribution in [0.3, 0.4) is 0 Å². The van der Waals surface area contributed by atoms with Crippen LogP contribution in [-0.4, -0.2) is 39.5 Å². The van der Waals surface area contributed by atoms with Gasteiger partial charge in [-0.05, 0) is 48.6 Å². The highest BCUT2D eigenvalue weighted by atomic mass is 32.2. The Balaban J connectivity index is 1.79. The third-order valence-corrected chi connectivity index (χ3v) is 7.52. The molecular formula is C20H24N2O3S. The summed E-state index contributed by atoms with van der Waals surface area (Å²) in [5.41, 5.74) is 2.24. The number of sulfonamides is 1. The van der Waals surface area contributed by atoms with Crippen molar-refractivity contribution in [1.82, 2.24) is 9.62 Å². The van der Waals surface area contributed by atoms with Crippen molar-refractivity contribution in [1.29, 1.82) is 0 Å². The van der Waals surface area contributed by atoms with Gasteiger partial charge < -0.3 is 10.1 Å². The van der Waals surface area contributed by atoms with Gasteiger partial charge in [0.2, 0.25) is 10.0 Å². The van der Waals surface area contributed by atoms with Crippen molar-refractivity contribution in [3.8, 4) is 5.75 Å². The number of fused-ring (bicyclic) bond motifs is 1. The molecular weight excluding hydrogens is 348 g/mol. The van der Waals surface area contributed by atoms with Crippen molar-refractivity contribution in [2.24, 2.45) is 11.8 Å². The van der Waals surface area contributed by atoms with E-state index >= 15 is 0 Å². The van der Waals surface area contributed by atoms with E-state index in [1.807, 2.05) is 12.1 Å². The van der Waals surface area contributed by atoms with E-state index < -0.39 is 10.0 Å². The maximum Gasteiger partial charge on any atom is 0.243 e. The maximum atomic E-state index is 13.5. The molecule has 6 heteroatoms. The molecule has 0 radical (unpaired) electrons. The molecule has 4 rings (SSSR count). The molecule has 0 amide bonds. The summed E-state index contributed by atoms with van der Waals surface area (Å²) in [6.45, 7) is 4.34. The average molecular weight is 372 g/mol. The molecule has 2 fully saturated rings. The molecule has 26 heavy (non-hydrogen) atoms. The largest absolute Gasteiger partial charge is 0.497 e. The van der Waals surface area contributed by atoms with E-state index in [0.717, 1.165) is 24.2 Å². The second-order valence-electron chi connectivity index (χ2n) is 7.14. The number of hydrogen-bond donors (Lipinski definition) is 1. The van der Waals surface area contributed by atoms with Gasteiger partial charge >= 0.3 is 0 Å². The van der Waals surface area contributed by atoms with E-state index in [1.54, 1.807) is 35.7 Å². The normalized spacial score (nSPS) is 26.0. The number of rotatable bonds is 4. The summed E-state index contributed by atoms with van der Waals surface area (Å²) in [7, 11) is -2.05. The zero-order valence-corrected chi connectivity index (χ0v) is 15.9. The Morgan fingerprint density at radius 1 is 1.12 bits per heavy atom. The Labute approximate surface area is 155 Å². The standard InChI is InChI=1S/C20H24N2O3S/c1-14-6-3-4-9-18(14)20-19-12-21-11-15(19)13-22(20)26(23,24)17-8-5-7-16(10-17)25-2/h3-10,15,19-21H,11-13H2,1-2H3/t15-,19-,20-/m0/s1. The molecule has 0 unspecified atom stereocenters. The van der Waals surface area contributed by atoms with Gasteiger partial charge in [-0.2, -0.15) is 4.31 Å². The highest BCUT2D eigenvalue weighted by Crippen LogP contribution is 2.46. The molecule has 0 bridgehead atoms. The van der Waals surface area contributed by atoms with Crippen molar-refractivity contribution < 1.29 is 13.2 Å². The minimum absolute atomic E-state index is 0.132. The second kappa shape index (κ2) is 6.68. The summed E-state index contributed by atoms with van der Waals surface area (Å²) in [6.07, 6.45) is 0. The van der Waals surface area contributed by atoms with Crippen LogP contribution in [-0.2, 0) is 10.0 Å². The first kappa shape index (κ1) is 17.5. The first-order valence-electron chi connectivity index (χ1n) is 8.94. The van der Waals surface area contributed by atoms with Crippen LogP contribution in [0.25, 0.3) is 0 Å². The molecule has 1 N–H and O–H groups in total. The predicted octanol–water partition coefficient (Wildman–Crippen LogP) is 2.58. The smallest absolute Gasteiger partial charge is 0.243 e. The van der Waals surface area contributed by atoms with Gasteiger partial charge in [-0.1, -0.05) is 30.3 Å². The second-order valence-corrected chi connectivity index (χ2v) is 9.03. The van der Waals surface area contributed by atoms with E-state index in [0.29, 0.717) is 29.0 Å². The van der Waals surface area contributed by atoms with Crippen LogP contribution < -0.4 is 10.1 Å². The summed E-state index contributed by atoms with van der Waals surface area (Å²) in [4.78, 5) is 0.295. The Bertz CT molecular complexity index is 913. The maximum absolute atomic E-state index is 13.5. The van der Waals surface area contributed by atoms with Crippen LogP contribution >= 0.6 is 0 Å². The van der Waals surface area contributed by atoms with Crippen molar-refractivity contribution in [2.75, 3.05) is 26.7 Å². The fourth-order valence-corrected chi connectivity index (χ4v) is 6.07. The summed E-state index contributed by atoms with van der Waals surface area (Å²) < 4.78 is 33.9. The van der Waals surface area contributed by atoms with Gasteiger partial charge in [0, 0.05) is 19.2 Å². The van der Waals surface area contributed by atoms with Gasteiger partial charge in [0.05, 0.1) is 18.0 Å². The van der Waals surface area contributed by atoms with Gasteiger partial charge in [-0.15, -0.1) is 0 Å². The lowest BCUT2D eigenvalue weighted by atomic mass is 9.88. The molecule has 2 aliphatic heterocycles. The van der Waals surface area contributed by atoms with Crippen LogP contribution in [0.15, 0.2) is 53.4 Å². The molecule has 2 saturated heterocycles. The van der Waals surface area contributed by atoms with Gasteiger partial charge in [0.1, 0.15) is 5.75 Å².